The van der Waals surface area contributed by atoms with Crippen molar-refractivity contribution >= 4 is 22.5 Å². The van der Waals surface area contributed by atoms with Gasteiger partial charge in [-0.25, -0.2) is 4.98 Å². The first-order chi connectivity index (χ1) is 10.3. The van der Waals surface area contributed by atoms with Crippen molar-refractivity contribution in [2.75, 3.05) is 5.32 Å². The normalized spacial score (nSPS) is 11.3. The summed E-state index contributed by atoms with van der Waals surface area (Å²) < 4.78 is 7.33. The number of benzene rings is 1. The van der Waals surface area contributed by atoms with Gasteiger partial charge in [0.05, 0.1) is 23.8 Å². The van der Waals surface area contributed by atoms with E-state index >= 15 is 0 Å². The fourth-order valence-electron chi connectivity index (χ4n) is 2.42. The summed E-state index contributed by atoms with van der Waals surface area (Å²) in [6.07, 6.45) is 1.65. The van der Waals surface area contributed by atoms with Gasteiger partial charge in [-0.15, -0.1) is 10.2 Å². The molecule has 0 aliphatic carbocycles. The first-order valence-electron chi connectivity index (χ1n) is 6.69. The van der Waals surface area contributed by atoms with Crippen LogP contribution in [0.3, 0.4) is 0 Å². The van der Waals surface area contributed by atoms with Crippen molar-refractivity contribution < 1.29 is 4.42 Å². The Hall–Kier alpha value is -2.89. The highest BCUT2D eigenvalue weighted by Crippen LogP contribution is 2.21. The number of fused-ring (bicyclic) bond motifs is 3. The van der Waals surface area contributed by atoms with E-state index in [1.807, 2.05) is 47.7 Å². The molecule has 0 radical (unpaired) electrons. The maximum atomic E-state index is 5.33. The Bertz CT molecular complexity index is 911. The Labute approximate surface area is 120 Å². The molecule has 4 aromatic rings. The van der Waals surface area contributed by atoms with E-state index < -0.39 is 0 Å². The second-order valence-electron chi connectivity index (χ2n) is 4.79. The van der Waals surface area contributed by atoms with Crippen LogP contribution >= 0.6 is 0 Å². The zero-order valence-corrected chi connectivity index (χ0v) is 11.4. The van der Waals surface area contributed by atoms with E-state index in [0.717, 1.165) is 28.3 Å². The Kier molecular flexibility index (Phi) is 2.60. The van der Waals surface area contributed by atoms with Gasteiger partial charge in [0.25, 0.3) is 0 Å². The van der Waals surface area contributed by atoms with E-state index in [-0.39, 0.29) is 0 Å². The van der Waals surface area contributed by atoms with Gasteiger partial charge in [-0.05, 0) is 31.2 Å². The molecule has 0 amide bonds. The maximum absolute atomic E-state index is 5.33. The van der Waals surface area contributed by atoms with Crippen molar-refractivity contribution in [3.63, 3.8) is 0 Å². The van der Waals surface area contributed by atoms with Crippen molar-refractivity contribution in [3.8, 4) is 0 Å². The molecule has 0 saturated heterocycles. The van der Waals surface area contributed by atoms with Crippen LogP contribution in [0.25, 0.3) is 16.7 Å². The van der Waals surface area contributed by atoms with E-state index in [1.54, 1.807) is 6.26 Å². The average Bonchev–Trinajstić information content (AvgIpc) is 3.15. The van der Waals surface area contributed by atoms with Gasteiger partial charge in [0.2, 0.25) is 5.65 Å². The van der Waals surface area contributed by atoms with Crippen molar-refractivity contribution in [1.82, 2.24) is 19.6 Å². The number of aromatic nitrogens is 4. The number of para-hydroxylation sites is 2. The minimum atomic E-state index is 0.555. The van der Waals surface area contributed by atoms with Gasteiger partial charge in [-0.2, -0.15) is 0 Å². The predicted octanol–water partition coefficient (Wildman–Crippen LogP) is 2.79. The second kappa shape index (κ2) is 4.59. The van der Waals surface area contributed by atoms with Crippen LogP contribution in [0.1, 0.15) is 11.6 Å². The molecule has 0 aliphatic heterocycles. The topological polar surface area (TPSA) is 68.2 Å². The zero-order valence-electron chi connectivity index (χ0n) is 11.4. The monoisotopic (exact) mass is 279 g/mol. The number of aryl methyl sites for hydroxylation is 1. The molecule has 0 aliphatic rings. The van der Waals surface area contributed by atoms with Crippen LogP contribution in [0, 0.1) is 6.92 Å². The number of hydrogen-bond acceptors (Lipinski definition) is 5. The van der Waals surface area contributed by atoms with Gasteiger partial charge >= 0.3 is 0 Å². The fraction of sp³-hybridized carbons (Fsp3) is 0.133. The molecule has 0 spiro atoms. The lowest BCUT2D eigenvalue weighted by atomic mass is 10.3. The Morgan fingerprint density at radius 2 is 2.05 bits per heavy atom. The van der Waals surface area contributed by atoms with Crippen molar-refractivity contribution in [3.05, 3.63) is 54.2 Å². The molecule has 0 bridgehead atoms. The van der Waals surface area contributed by atoms with E-state index in [0.29, 0.717) is 12.4 Å². The lowest BCUT2D eigenvalue weighted by Gasteiger charge is -2.08. The summed E-state index contributed by atoms with van der Waals surface area (Å²) in [5, 5.41) is 11.7. The second-order valence-corrected chi connectivity index (χ2v) is 4.79. The SMILES string of the molecule is Cc1nnc2c(NCc3ccco3)nc3ccccc3n12. The first kappa shape index (κ1) is 11.9. The lowest BCUT2D eigenvalue weighted by Crippen LogP contribution is -2.04. The number of furan rings is 1. The quantitative estimate of drug-likeness (QED) is 0.624. The lowest BCUT2D eigenvalue weighted by molar-refractivity contribution is 0.518. The molecule has 6 heteroatoms. The van der Waals surface area contributed by atoms with Crippen LogP contribution < -0.4 is 5.32 Å². The number of hydrogen-bond donors (Lipinski definition) is 1. The molecule has 1 aromatic carbocycles. The highest BCUT2D eigenvalue weighted by atomic mass is 16.3. The zero-order chi connectivity index (χ0) is 14.2. The van der Waals surface area contributed by atoms with E-state index in [4.69, 9.17) is 4.42 Å². The molecule has 1 N–H and O–H groups in total. The summed E-state index contributed by atoms with van der Waals surface area (Å²) >= 11 is 0. The van der Waals surface area contributed by atoms with Crippen molar-refractivity contribution in [2.45, 2.75) is 13.5 Å². The number of rotatable bonds is 3. The third-order valence-electron chi connectivity index (χ3n) is 3.40. The van der Waals surface area contributed by atoms with Crippen LogP contribution in [0.15, 0.2) is 47.1 Å². The van der Waals surface area contributed by atoms with Gasteiger partial charge in [0, 0.05) is 0 Å². The Balaban J connectivity index is 1.86. The van der Waals surface area contributed by atoms with Crippen LogP contribution in [0.4, 0.5) is 5.82 Å². The molecule has 104 valence electrons. The minimum absolute atomic E-state index is 0.555. The summed E-state index contributed by atoms with van der Waals surface area (Å²) in [5.74, 6) is 2.38. The summed E-state index contributed by atoms with van der Waals surface area (Å²) in [5.41, 5.74) is 2.62. The summed E-state index contributed by atoms with van der Waals surface area (Å²) in [4.78, 5) is 4.64. The molecule has 0 unspecified atom stereocenters. The molecule has 4 rings (SSSR count). The molecule has 0 atom stereocenters. The third kappa shape index (κ3) is 1.92. The van der Waals surface area contributed by atoms with Crippen LogP contribution in [-0.4, -0.2) is 19.6 Å². The molecule has 0 saturated carbocycles. The van der Waals surface area contributed by atoms with E-state index in [1.165, 1.54) is 0 Å². The molecule has 3 heterocycles. The Morgan fingerprint density at radius 1 is 1.14 bits per heavy atom. The maximum Gasteiger partial charge on any atom is 0.204 e. The number of nitrogens with one attached hydrogen (secondary N) is 1. The van der Waals surface area contributed by atoms with E-state index in [2.05, 4.69) is 20.5 Å². The van der Waals surface area contributed by atoms with Gasteiger partial charge < -0.3 is 9.73 Å². The van der Waals surface area contributed by atoms with Gasteiger partial charge in [-0.1, -0.05) is 12.1 Å². The molecular formula is C15H13N5O. The minimum Gasteiger partial charge on any atom is -0.467 e. The Morgan fingerprint density at radius 3 is 2.90 bits per heavy atom. The van der Waals surface area contributed by atoms with Crippen molar-refractivity contribution in [1.29, 1.82) is 0 Å². The molecule has 0 fully saturated rings. The summed E-state index contributed by atoms with van der Waals surface area (Å²) in [6.45, 7) is 2.49. The molecule has 21 heavy (non-hydrogen) atoms. The molecule has 6 nitrogen and oxygen atoms in total. The van der Waals surface area contributed by atoms with Gasteiger partial charge in [0.1, 0.15) is 11.6 Å². The largest absolute Gasteiger partial charge is 0.467 e. The fourth-order valence-corrected chi connectivity index (χ4v) is 2.42. The summed E-state index contributed by atoms with van der Waals surface area (Å²) in [7, 11) is 0. The van der Waals surface area contributed by atoms with Crippen molar-refractivity contribution in [2.24, 2.45) is 0 Å². The smallest absolute Gasteiger partial charge is 0.204 e. The highest BCUT2D eigenvalue weighted by Gasteiger charge is 2.12. The molecule has 3 aromatic heterocycles. The van der Waals surface area contributed by atoms with E-state index in [9.17, 15) is 0 Å². The van der Waals surface area contributed by atoms with Crippen LogP contribution in [0.2, 0.25) is 0 Å². The summed E-state index contributed by atoms with van der Waals surface area (Å²) in [6, 6.07) is 11.7. The number of anilines is 1. The average molecular weight is 279 g/mol. The predicted molar refractivity (Wildman–Crippen MR) is 79.1 cm³/mol. The third-order valence-corrected chi connectivity index (χ3v) is 3.40. The standard InChI is InChI=1S/C15H13N5O/c1-10-18-19-15-14(16-9-11-5-4-8-21-11)17-12-6-2-3-7-13(12)20(10)15/h2-8H,9H2,1H3,(H,16,17). The molecular weight excluding hydrogens is 266 g/mol. The van der Waals surface area contributed by atoms with Gasteiger partial charge in [0.15, 0.2) is 5.82 Å². The number of nitrogens with zero attached hydrogens (tertiary/aromatic N) is 4. The highest BCUT2D eigenvalue weighted by molar-refractivity contribution is 5.82. The first-order valence-corrected chi connectivity index (χ1v) is 6.69. The van der Waals surface area contributed by atoms with Crippen LogP contribution in [0.5, 0.6) is 0 Å². The van der Waals surface area contributed by atoms with Gasteiger partial charge in [-0.3, -0.25) is 4.40 Å². The van der Waals surface area contributed by atoms with Crippen LogP contribution in [-0.2, 0) is 6.54 Å².